The fourth-order valence-electron chi connectivity index (χ4n) is 1.72. The van der Waals surface area contributed by atoms with Crippen molar-refractivity contribution in [3.05, 3.63) is 65.2 Å². The first kappa shape index (κ1) is 13.8. The Balaban J connectivity index is 1.97. The normalized spacial score (nSPS) is 10.5. The van der Waals surface area contributed by atoms with Crippen LogP contribution in [0.25, 0.3) is 0 Å². The minimum absolute atomic E-state index is 0.253. The lowest BCUT2D eigenvalue weighted by Gasteiger charge is -2.02. The zero-order chi connectivity index (χ0) is 14.4. The largest absolute Gasteiger partial charge is 0.497 e. The zero-order valence-electron chi connectivity index (χ0n) is 11.5. The second kappa shape index (κ2) is 6.52. The summed E-state index contributed by atoms with van der Waals surface area (Å²) in [5.41, 5.74) is 5.12. The second-order valence-corrected chi connectivity index (χ2v) is 4.34. The van der Waals surface area contributed by atoms with Gasteiger partial charge in [0.05, 0.1) is 13.3 Å². The number of aryl methyl sites for hydroxylation is 1. The van der Waals surface area contributed by atoms with Crippen LogP contribution in [0, 0.1) is 6.92 Å². The highest BCUT2D eigenvalue weighted by atomic mass is 16.5. The van der Waals surface area contributed by atoms with Gasteiger partial charge in [0.1, 0.15) is 5.75 Å². The van der Waals surface area contributed by atoms with E-state index >= 15 is 0 Å². The van der Waals surface area contributed by atoms with Crippen molar-refractivity contribution in [1.82, 2.24) is 5.43 Å². The monoisotopic (exact) mass is 268 g/mol. The van der Waals surface area contributed by atoms with Crippen molar-refractivity contribution in [2.24, 2.45) is 5.10 Å². The third-order valence-electron chi connectivity index (χ3n) is 2.77. The molecule has 0 radical (unpaired) electrons. The van der Waals surface area contributed by atoms with Gasteiger partial charge in [-0.05, 0) is 36.8 Å². The third-order valence-corrected chi connectivity index (χ3v) is 2.77. The third kappa shape index (κ3) is 3.68. The molecule has 0 aliphatic rings. The van der Waals surface area contributed by atoms with E-state index in [0.29, 0.717) is 11.3 Å². The van der Waals surface area contributed by atoms with Crippen LogP contribution in [0.15, 0.2) is 53.6 Å². The van der Waals surface area contributed by atoms with E-state index in [9.17, 15) is 4.79 Å². The first-order valence-corrected chi connectivity index (χ1v) is 6.23. The van der Waals surface area contributed by atoms with Gasteiger partial charge in [-0.25, -0.2) is 5.43 Å². The van der Waals surface area contributed by atoms with Gasteiger partial charge in [-0.1, -0.05) is 29.8 Å². The van der Waals surface area contributed by atoms with E-state index in [-0.39, 0.29) is 5.91 Å². The van der Waals surface area contributed by atoms with Crippen LogP contribution in [0.2, 0.25) is 0 Å². The lowest BCUT2D eigenvalue weighted by molar-refractivity contribution is 0.0955. The summed E-state index contributed by atoms with van der Waals surface area (Å²) >= 11 is 0. The topological polar surface area (TPSA) is 50.7 Å². The number of carbonyl (C=O) groups excluding carboxylic acids is 1. The molecule has 102 valence electrons. The lowest BCUT2D eigenvalue weighted by atomic mass is 10.2. The van der Waals surface area contributed by atoms with Crippen LogP contribution in [0.3, 0.4) is 0 Å². The quantitative estimate of drug-likeness (QED) is 0.684. The predicted molar refractivity (Wildman–Crippen MR) is 79.2 cm³/mol. The summed E-state index contributed by atoms with van der Waals surface area (Å²) in [7, 11) is 1.58. The van der Waals surface area contributed by atoms with E-state index in [4.69, 9.17) is 4.74 Å². The van der Waals surface area contributed by atoms with Crippen LogP contribution in [-0.2, 0) is 0 Å². The summed E-state index contributed by atoms with van der Waals surface area (Å²) in [6, 6.07) is 14.7. The first-order valence-electron chi connectivity index (χ1n) is 6.23. The van der Waals surface area contributed by atoms with Gasteiger partial charge in [0.15, 0.2) is 0 Å². The molecule has 0 spiro atoms. The zero-order valence-corrected chi connectivity index (χ0v) is 11.5. The number of amides is 1. The van der Waals surface area contributed by atoms with Crippen LogP contribution in [0.4, 0.5) is 0 Å². The van der Waals surface area contributed by atoms with Crippen molar-refractivity contribution in [3.8, 4) is 5.75 Å². The molecule has 0 unspecified atom stereocenters. The van der Waals surface area contributed by atoms with E-state index < -0.39 is 0 Å². The molecular formula is C16H16N2O2. The van der Waals surface area contributed by atoms with Crippen molar-refractivity contribution >= 4 is 12.1 Å². The van der Waals surface area contributed by atoms with Crippen LogP contribution < -0.4 is 10.2 Å². The summed E-state index contributed by atoms with van der Waals surface area (Å²) in [6.45, 7) is 2.01. The van der Waals surface area contributed by atoms with Gasteiger partial charge in [0, 0.05) is 5.56 Å². The fraction of sp³-hybridized carbons (Fsp3) is 0.125. The van der Waals surface area contributed by atoms with Crippen molar-refractivity contribution in [2.75, 3.05) is 7.11 Å². The molecule has 0 bridgehead atoms. The van der Waals surface area contributed by atoms with Crippen LogP contribution in [0.5, 0.6) is 5.75 Å². The molecule has 0 atom stereocenters. The molecular weight excluding hydrogens is 252 g/mol. The van der Waals surface area contributed by atoms with Crippen molar-refractivity contribution in [3.63, 3.8) is 0 Å². The molecule has 20 heavy (non-hydrogen) atoms. The molecule has 0 aromatic heterocycles. The number of rotatable bonds is 4. The van der Waals surface area contributed by atoms with E-state index in [1.807, 2.05) is 31.2 Å². The lowest BCUT2D eigenvalue weighted by Crippen LogP contribution is -2.17. The molecule has 0 aliphatic carbocycles. The smallest absolute Gasteiger partial charge is 0.271 e. The average Bonchev–Trinajstić information content (AvgIpc) is 2.47. The van der Waals surface area contributed by atoms with Crippen molar-refractivity contribution in [1.29, 1.82) is 0 Å². The highest BCUT2D eigenvalue weighted by Gasteiger charge is 2.03. The number of hydrogen-bond donors (Lipinski definition) is 1. The molecule has 1 amide bonds. The summed E-state index contributed by atoms with van der Waals surface area (Å²) < 4.78 is 5.04. The number of nitrogens with zero attached hydrogens (tertiary/aromatic N) is 1. The number of carbonyl (C=O) groups is 1. The Kier molecular flexibility index (Phi) is 4.50. The molecule has 0 saturated carbocycles. The van der Waals surface area contributed by atoms with E-state index in [0.717, 1.165) is 11.1 Å². The SMILES string of the molecule is COc1ccc(C(=O)N/N=C\c2cccc(C)c2)cc1. The molecule has 0 fully saturated rings. The Labute approximate surface area is 118 Å². The van der Waals surface area contributed by atoms with E-state index in [1.165, 1.54) is 0 Å². The molecule has 4 heteroatoms. The molecule has 0 heterocycles. The van der Waals surface area contributed by atoms with Gasteiger partial charge in [-0.2, -0.15) is 5.10 Å². The number of nitrogens with one attached hydrogen (secondary N) is 1. The molecule has 0 saturated heterocycles. The highest BCUT2D eigenvalue weighted by molar-refractivity contribution is 5.95. The average molecular weight is 268 g/mol. The maximum absolute atomic E-state index is 11.8. The maximum atomic E-state index is 11.8. The Morgan fingerprint density at radius 3 is 2.60 bits per heavy atom. The summed E-state index contributed by atoms with van der Waals surface area (Å²) in [5, 5.41) is 3.95. The Morgan fingerprint density at radius 2 is 1.95 bits per heavy atom. The van der Waals surface area contributed by atoms with E-state index in [2.05, 4.69) is 10.5 Å². The van der Waals surface area contributed by atoms with Crippen molar-refractivity contribution < 1.29 is 9.53 Å². The predicted octanol–water partition coefficient (Wildman–Crippen LogP) is 2.77. The summed E-state index contributed by atoms with van der Waals surface area (Å²) in [4.78, 5) is 11.8. The molecule has 0 aliphatic heterocycles. The maximum Gasteiger partial charge on any atom is 0.271 e. The first-order chi connectivity index (χ1) is 9.69. The Hall–Kier alpha value is -2.62. The van der Waals surface area contributed by atoms with Crippen LogP contribution in [-0.4, -0.2) is 19.2 Å². The van der Waals surface area contributed by atoms with Crippen LogP contribution >= 0.6 is 0 Å². The molecule has 1 N–H and O–H groups in total. The minimum Gasteiger partial charge on any atom is -0.497 e. The van der Waals surface area contributed by atoms with Gasteiger partial charge in [0.25, 0.3) is 5.91 Å². The number of hydrazone groups is 1. The molecule has 4 nitrogen and oxygen atoms in total. The number of ether oxygens (including phenoxy) is 1. The number of benzene rings is 2. The Bertz CT molecular complexity index is 619. The van der Waals surface area contributed by atoms with Crippen molar-refractivity contribution in [2.45, 2.75) is 6.92 Å². The van der Waals surface area contributed by atoms with Gasteiger partial charge in [0.2, 0.25) is 0 Å². The summed E-state index contributed by atoms with van der Waals surface area (Å²) in [6.07, 6.45) is 1.62. The summed E-state index contributed by atoms with van der Waals surface area (Å²) in [5.74, 6) is 0.460. The Morgan fingerprint density at radius 1 is 1.20 bits per heavy atom. The van der Waals surface area contributed by atoms with Gasteiger partial charge >= 0.3 is 0 Å². The highest BCUT2D eigenvalue weighted by Crippen LogP contribution is 2.11. The van der Waals surface area contributed by atoms with Gasteiger partial charge in [-0.3, -0.25) is 4.79 Å². The molecule has 2 rings (SSSR count). The van der Waals surface area contributed by atoms with Gasteiger partial charge in [-0.15, -0.1) is 0 Å². The second-order valence-electron chi connectivity index (χ2n) is 4.34. The van der Waals surface area contributed by atoms with Gasteiger partial charge < -0.3 is 4.74 Å². The van der Waals surface area contributed by atoms with Crippen LogP contribution in [0.1, 0.15) is 21.5 Å². The number of methoxy groups -OCH3 is 1. The standard InChI is InChI=1S/C16H16N2O2/c1-12-4-3-5-13(10-12)11-17-18-16(19)14-6-8-15(20-2)9-7-14/h3-11H,1-2H3,(H,18,19)/b17-11-. The molecule has 2 aromatic carbocycles. The minimum atomic E-state index is -0.253. The molecule has 2 aromatic rings. The fourth-order valence-corrected chi connectivity index (χ4v) is 1.72. The number of hydrogen-bond acceptors (Lipinski definition) is 3. The van der Waals surface area contributed by atoms with E-state index in [1.54, 1.807) is 37.6 Å².